The molecule has 0 unspecified atom stereocenters. The summed E-state index contributed by atoms with van der Waals surface area (Å²) in [5, 5.41) is 4.68. The summed E-state index contributed by atoms with van der Waals surface area (Å²) in [6.45, 7) is 2.00. The molecule has 0 aliphatic heterocycles. The predicted molar refractivity (Wildman–Crippen MR) is 80.6 cm³/mol. The van der Waals surface area contributed by atoms with Crippen LogP contribution >= 0.6 is 45.8 Å². The molecule has 0 amide bonds. The van der Waals surface area contributed by atoms with E-state index in [0.717, 1.165) is 0 Å². The number of hydrogen-bond acceptors (Lipinski definition) is 4. The lowest BCUT2D eigenvalue weighted by Gasteiger charge is -2.01. The normalized spacial score (nSPS) is 10.5. The van der Waals surface area contributed by atoms with E-state index in [1.54, 1.807) is 25.1 Å². The van der Waals surface area contributed by atoms with Crippen molar-refractivity contribution in [1.82, 2.24) is 5.16 Å². The molecule has 1 heterocycles. The van der Waals surface area contributed by atoms with Crippen molar-refractivity contribution in [3.05, 3.63) is 37.5 Å². The maximum atomic E-state index is 11.6. The van der Waals surface area contributed by atoms with E-state index in [1.807, 2.05) is 22.6 Å². The third-order valence-corrected chi connectivity index (χ3v) is 3.83. The smallest absolute Gasteiger partial charge is 0.361 e. The molecule has 0 saturated heterocycles. The van der Waals surface area contributed by atoms with Gasteiger partial charge in [-0.3, -0.25) is 0 Å². The molecule has 0 spiro atoms. The molecule has 0 N–H and O–H groups in total. The SMILES string of the molecule is CCOC(=O)c1noc(-c2ccc(Cl)cc2Cl)c1I. The van der Waals surface area contributed by atoms with Gasteiger partial charge in [0.2, 0.25) is 5.69 Å². The molecule has 0 aliphatic carbocycles. The molecular weight excluding hydrogens is 404 g/mol. The maximum absolute atomic E-state index is 11.6. The Balaban J connectivity index is 2.44. The lowest BCUT2D eigenvalue weighted by molar-refractivity contribution is 0.0513. The van der Waals surface area contributed by atoms with Crippen molar-refractivity contribution in [3.8, 4) is 11.3 Å². The fourth-order valence-electron chi connectivity index (χ4n) is 1.45. The second-order valence-electron chi connectivity index (χ2n) is 3.52. The molecule has 2 rings (SSSR count). The number of carbonyl (C=O) groups excluding carboxylic acids is 1. The van der Waals surface area contributed by atoms with Gasteiger partial charge in [-0.25, -0.2) is 4.79 Å². The fourth-order valence-corrected chi connectivity index (χ4v) is 2.65. The lowest BCUT2D eigenvalue weighted by atomic mass is 10.1. The summed E-state index contributed by atoms with van der Waals surface area (Å²) in [5.74, 6) is -0.0997. The molecule has 0 radical (unpaired) electrons. The van der Waals surface area contributed by atoms with Crippen LogP contribution in [-0.2, 0) is 4.74 Å². The summed E-state index contributed by atoms with van der Waals surface area (Å²) < 4.78 is 10.6. The first-order valence-corrected chi connectivity index (χ1v) is 7.15. The molecule has 1 aromatic carbocycles. The van der Waals surface area contributed by atoms with Crippen LogP contribution in [0.3, 0.4) is 0 Å². The number of carbonyl (C=O) groups is 1. The number of hydrogen-bond donors (Lipinski definition) is 0. The number of halogens is 3. The molecule has 0 bridgehead atoms. The van der Waals surface area contributed by atoms with Gasteiger partial charge in [0, 0.05) is 10.6 Å². The van der Waals surface area contributed by atoms with E-state index >= 15 is 0 Å². The zero-order valence-electron chi connectivity index (χ0n) is 9.75. The van der Waals surface area contributed by atoms with E-state index in [9.17, 15) is 4.79 Å². The highest BCUT2D eigenvalue weighted by molar-refractivity contribution is 14.1. The number of rotatable bonds is 3. The Labute approximate surface area is 133 Å². The highest BCUT2D eigenvalue weighted by Gasteiger charge is 2.23. The average molecular weight is 412 g/mol. The van der Waals surface area contributed by atoms with E-state index < -0.39 is 5.97 Å². The second-order valence-corrected chi connectivity index (χ2v) is 5.44. The van der Waals surface area contributed by atoms with Crippen molar-refractivity contribution in [3.63, 3.8) is 0 Å². The van der Waals surface area contributed by atoms with E-state index in [2.05, 4.69) is 5.16 Å². The predicted octanol–water partition coefficient (Wildman–Crippen LogP) is 4.43. The fraction of sp³-hybridized carbons (Fsp3) is 0.167. The van der Waals surface area contributed by atoms with Crippen LogP contribution in [0.1, 0.15) is 17.4 Å². The number of ether oxygens (including phenoxy) is 1. The van der Waals surface area contributed by atoms with E-state index in [4.69, 9.17) is 32.5 Å². The molecule has 0 fully saturated rings. The monoisotopic (exact) mass is 411 g/mol. The summed E-state index contributed by atoms with van der Waals surface area (Å²) in [4.78, 5) is 11.6. The summed E-state index contributed by atoms with van der Waals surface area (Å²) in [5.41, 5.74) is 0.766. The van der Waals surface area contributed by atoms with Gasteiger partial charge in [-0.2, -0.15) is 0 Å². The number of nitrogens with zero attached hydrogens (tertiary/aromatic N) is 1. The van der Waals surface area contributed by atoms with Crippen LogP contribution in [0.4, 0.5) is 0 Å². The molecule has 0 saturated carbocycles. The molecule has 0 atom stereocenters. The first-order chi connectivity index (χ1) is 9.04. The first kappa shape index (κ1) is 14.6. The highest BCUT2D eigenvalue weighted by atomic mass is 127. The Bertz CT molecular complexity index is 627. The number of aromatic nitrogens is 1. The Kier molecular flexibility index (Phi) is 4.70. The van der Waals surface area contributed by atoms with Gasteiger partial charge in [0.05, 0.1) is 15.2 Å². The van der Waals surface area contributed by atoms with Crippen molar-refractivity contribution in [2.45, 2.75) is 6.92 Å². The Morgan fingerprint density at radius 3 is 2.84 bits per heavy atom. The van der Waals surface area contributed by atoms with Crippen molar-refractivity contribution in [2.75, 3.05) is 6.61 Å². The molecule has 19 heavy (non-hydrogen) atoms. The van der Waals surface area contributed by atoms with Crippen LogP contribution < -0.4 is 0 Å². The highest BCUT2D eigenvalue weighted by Crippen LogP contribution is 2.34. The van der Waals surface area contributed by atoms with Gasteiger partial charge >= 0.3 is 5.97 Å². The lowest BCUT2D eigenvalue weighted by Crippen LogP contribution is -2.06. The summed E-state index contributed by atoms with van der Waals surface area (Å²) in [6.07, 6.45) is 0. The van der Waals surface area contributed by atoms with Crippen LogP contribution in [-0.4, -0.2) is 17.7 Å². The quantitative estimate of drug-likeness (QED) is 0.553. The van der Waals surface area contributed by atoms with Crippen molar-refractivity contribution in [2.24, 2.45) is 0 Å². The van der Waals surface area contributed by atoms with Crippen LogP contribution in [0.25, 0.3) is 11.3 Å². The molecule has 1 aromatic heterocycles. The zero-order valence-corrected chi connectivity index (χ0v) is 13.4. The Morgan fingerprint density at radius 1 is 1.47 bits per heavy atom. The van der Waals surface area contributed by atoms with Crippen LogP contribution in [0.5, 0.6) is 0 Å². The van der Waals surface area contributed by atoms with Crippen LogP contribution in [0, 0.1) is 3.57 Å². The maximum Gasteiger partial charge on any atom is 0.361 e. The third-order valence-electron chi connectivity index (χ3n) is 2.28. The van der Waals surface area contributed by atoms with E-state index in [1.165, 1.54) is 0 Å². The molecule has 7 heteroatoms. The van der Waals surface area contributed by atoms with Crippen molar-refractivity contribution >= 4 is 51.8 Å². The van der Waals surface area contributed by atoms with Crippen molar-refractivity contribution in [1.29, 1.82) is 0 Å². The van der Waals surface area contributed by atoms with E-state index in [0.29, 0.717) is 24.9 Å². The first-order valence-electron chi connectivity index (χ1n) is 5.32. The number of benzene rings is 1. The van der Waals surface area contributed by atoms with E-state index in [-0.39, 0.29) is 12.3 Å². The minimum absolute atomic E-state index is 0.142. The topological polar surface area (TPSA) is 52.3 Å². The Morgan fingerprint density at radius 2 is 2.21 bits per heavy atom. The third kappa shape index (κ3) is 3.04. The Hall–Kier alpha value is -0.790. The summed E-state index contributed by atoms with van der Waals surface area (Å²) in [6, 6.07) is 4.99. The molecule has 100 valence electrons. The van der Waals surface area contributed by atoms with Gasteiger partial charge in [-0.15, -0.1) is 0 Å². The molecule has 0 aliphatic rings. The van der Waals surface area contributed by atoms with Gasteiger partial charge in [-0.1, -0.05) is 28.4 Å². The average Bonchev–Trinajstić information content (AvgIpc) is 2.72. The zero-order chi connectivity index (χ0) is 14.0. The summed E-state index contributed by atoms with van der Waals surface area (Å²) in [7, 11) is 0. The standard InChI is InChI=1S/C12H8Cl2INO3/c1-2-18-12(17)10-9(15)11(19-16-10)7-4-3-6(13)5-8(7)14/h3-5H,2H2,1H3. The van der Waals surface area contributed by atoms with Gasteiger partial charge < -0.3 is 9.26 Å². The molecular formula is C12H8Cl2INO3. The van der Waals surface area contributed by atoms with Crippen LogP contribution in [0.2, 0.25) is 10.0 Å². The largest absolute Gasteiger partial charge is 0.461 e. The van der Waals surface area contributed by atoms with Gasteiger partial charge in [0.15, 0.2) is 5.76 Å². The van der Waals surface area contributed by atoms with Gasteiger partial charge in [0.1, 0.15) is 0 Å². The number of esters is 1. The molecule has 2 aromatic rings. The summed E-state index contributed by atoms with van der Waals surface area (Å²) >= 11 is 13.9. The van der Waals surface area contributed by atoms with Gasteiger partial charge in [0.25, 0.3) is 0 Å². The molecule has 4 nitrogen and oxygen atoms in total. The minimum Gasteiger partial charge on any atom is -0.461 e. The van der Waals surface area contributed by atoms with Gasteiger partial charge in [-0.05, 0) is 47.7 Å². The minimum atomic E-state index is -0.521. The van der Waals surface area contributed by atoms with Crippen molar-refractivity contribution < 1.29 is 14.1 Å². The van der Waals surface area contributed by atoms with Crippen LogP contribution in [0.15, 0.2) is 22.7 Å². The second kappa shape index (κ2) is 6.11.